The first-order valence-corrected chi connectivity index (χ1v) is 10.8. The molecule has 0 radical (unpaired) electrons. The number of thiazole rings is 1. The summed E-state index contributed by atoms with van der Waals surface area (Å²) in [6, 6.07) is 10.1. The van der Waals surface area contributed by atoms with Crippen molar-refractivity contribution in [1.82, 2.24) is 14.8 Å². The van der Waals surface area contributed by atoms with Gasteiger partial charge in [0.05, 0.1) is 20.8 Å². The van der Waals surface area contributed by atoms with Crippen LogP contribution in [0.15, 0.2) is 53.4 Å². The minimum atomic E-state index is -4.69. The Balaban J connectivity index is 1.90. The number of aromatic nitrogens is 3. The van der Waals surface area contributed by atoms with Crippen LogP contribution in [-0.2, 0) is 16.0 Å². The molecule has 2 heterocycles. The molecule has 150 valence electrons. The lowest BCUT2D eigenvalue weighted by Crippen LogP contribution is -2.07. The van der Waals surface area contributed by atoms with Crippen LogP contribution in [0.5, 0.6) is 0 Å². The number of benzene rings is 2. The highest BCUT2D eigenvalue weighted by atomic mass is 32.2. The van der Waals surface area contributed by atoms with Crippen molar-refractivity contribution in [3.8, 4) is 16.4 Å². The van der Waals surface area contributed by atoms with Crippen molar-refractivity contribution in [2.75, 3.05) is 6.26 Å². The topological polar surface area (TPSA) is 64.8 Å². The van der Waals surface area contributed by atoms with E-state index < -0.39 is 27.5 Å². The third-order valence-corrected chi connectivity index (χ3v) is 6.27. The summed E-state index contributed by atoms with van der Waals surface area (Å²) >= 11 is 1.10. The SMILES string of the molecule is CS(=O)(=O)c1ccc(-n2nc(C(F)(F)F)cc2-c2nc3cc(F)ccc3s2)cc1. The number of halogens is 4. The lowest BCUT2D eigenvalue weighted by Gasteiger charge is -2.07. The van der Waals surface area contributed by atoms with E-state index in [1.807, 2.05) is 0 Å². The van der Waals surface area contributed by atoms with Gasteiger partial charge in [0.25, 0.3) is 0 Å². The lowest BCUT2D eigenvalue weighted by molar-refractivity contribution is -0.141. The number of hydrogen-bond donors (Lipinski definition) is 0. The number of rotatable bonds is 3. The molecule has 2 aromatic heterocycles. The number of sulfone groups is 1. The van der Waals surface area contributed by atoms with Crippen LogP contribution in [0.1, 0.15) is 5.69 Å². The van der Waals surface area contributed by atoms with Gasteiger partial charge in [0, 0.05) is 12.3 Å². The maximum atomic E-state index is 13.4. The van der Waals surface area contributed by atoms with Crippen LogP contribution in [0.3, 0.4) is 0 Å². The van der Waals surface area contributed by atoms with Gasteiger partial charge in [-0.25, -0.2) is 22.5 Å². The molecule has 4 aromatic rings. The van der Waals surface area contributed by atoms with Crippen molar-refractivity contribution in [2.24, 2.45) is 0 Å². The molecule has 0 spiro atoms. The van der Waals surface area contributed by atoms with Gasteiger partial charge in [0.15, 0.2) is 15.5 Å². The molecule has 0 amide bonds. The first kappa shape index (κ1) is 19.5. The fourth-order valence-corrected chi connectivity index (χ4v) is 4.29. The Labute approximate surface area is 166 Å². The molecule has 0 saturated heterocycles. The lowest BCUT2D eigenvalue weighted by atomic mass is 10.3. The van der Waals surface area contributed by atoms with Crippen molar-refractivity contribution >= 4 is 31.4 Å². The Hall–Kier alpha value is -2.79. The largest absolute Gasteiger partial charge is 0.435 e. The fourth-order valence-electron chi connectivity index (χ4n) is 2.71. The Bertz CT molecular complexity index is 1320. The van der Waals surface area contributed by atoms with Gasteiger partial charge in [-0.2, -0.15) is 18.3 Å². The van der Waals surface area contributed by atoms with Crippen molar-refractivity contribution in [2.45, 2.75) is 11.1 Å². The molecule has 0 aliphatic heterocycles. The quantitative estimate of drug-likeness (QED) is 0.432. The van der Waals surface area contributed by atoms with Crippen LogP contribution in [-0.4, -0.2) is 29.4 Å². The van der Waals surface area contributed by atoms with E-state index in [-0.39, 0.29) is 21.3 Å². The van der Waals surface area contributed by atoms with E-state index in [0.717, 1.165) is 28.3 Å². The van der Waals surface area contributed by atoms with Gasteiger partial charge in [0.2, 0.25) is 0 Å². The van der Waals surface area contributed by atoms with Crippen LogP contribution in [0.2, 0.25) is 0 Å². The third-order valence-electron chi connectivity index (χ3n) is 4.08. The van der Waals surface area contributed by atoms with Gasteiger partial charge in [0.1, 0.15) is 16.5 Å². The van der Waals surface area contributed by atoms with E-state index in [1.54, 1.807) is 0 Å². The van der Waals surface area contributed by atoms with Crippen molar-refractivity contribution < 1.29 is 26.0 Å². The third kappa shape index (κ3) is 3.75. The second-order valence-electron chi connectivity index (χ2n) is 6.22. The molecular weight excluding hydrogens is 430 g/mol. The molecule has 0 bridgehead atoms. The summed E-state index contributed by atoms with van der Waals surface area (Å²) in [5, 5.41) is 3.87. The predicted octanol–water partition coefficient (Wildman–Crippen LogP) is 4.71. The second kappa shape index (κ2) is 6.63. The Kier molecular flexibility index (Phi) is 4.46. The molecule has 0 atom stereocenters. The first-order valence-electron chi connectivity index (χ1n) is 8.06. The van der Waals surface area contributed by atoms with E-state index in [1.165, 1.54) is 42.5 Å². The van der Waals surface area contributed by atoms with Gasteiger partial charge >= 0.3 is 6.18 Å². The van der Waals surface area contributed by atoms with Gasteiger partial charge in [-0.15, -0.1) is 11.3 Å². The molecule has 0 aliphatic carbocycles. The number of alkyl halides is 3. The van der Waals surface area contributed by atoms with Gasteiger partial charge in [-0.3, -0.25) is 0 Å². The minimum absolute atomic E-state index is 0.0291. The highest BCUT2D eigenvalue weighted by Crippen LogP contribution is 2.36. The smallest absolute Gasteiger partial charge is 0.234 e. The van der Waals surface area contributed by atoms with E-state index in [0.29, 0.717) is 10.2 Å². The van der Waals surface area contributed by atoms with Crippen LogP contribution in [0, 0.1) is 5.82 Å². The number of fused-ring (bicyclic) bond motifs is 1. The summed E-state index contributed by atoms with van der Waals surface area (Å²) in [5.41, 5.74) is -0.511. The maximum absolute atomic E-state index is 13.4. The molecule has 0 unspecified atom stereocenters. The van der Waals surface area contributed by atoms with Crippen LogP contribution >= 0.6 is 11.3 Å². The van der Waals surface area contributed by atoms with Gasteiger partial charge in [-0.05, 0) is 42.5 Å². The molecule has 4 rings (SSSR count). The van der Waals surface area contributed by atoms with Crippen molar-refractivity contribution in [3.05, 3.63) is 60.0 Å². The molecule has 0 N–H and O–H groups in total. The van der Waals surface area contributed by atoms with E-state index in [9.17, 15) is 26.0 Å². The average Bonchev–Trinajstić information content (AvgIpc) is 3.24. The van der Waals surface area contributed by atoms with E-state index >= 15 is 0 Å². The summed E-state index contributed by atoms with van der Waals surface area (Å²) < 4.78 is 78.1. The second-order valence-corrected chi connectivity index (χ2v) is 9.27. The molecular formula is C18H11F4N3O2S2. The summed E-state index contributed by atoms with van der Waals surface area (Å²) in [6.45, 7) is 0. The standard InChI is InChI=1S/C18H11F4N3O2S2/c1-29(26,27)12-5-3-11(4-6-12)25-14(9-16(24-25)18(20,21)22)17-23-13-8-10(19)2-7-15(13)28-17/h2-9H,1H3. The molecule has 2 aromatic carbocycles. The summed E-state index contributed by atoms with van der Waals surface area (Å²) in [4.78, 5) is 4.27. The number of hydrogen-bond acceptors (Lipinski definition) is 5. The Morgan fingerprint density at radius 2 is 1.72 bits per heavy atom. The summed E-state index contributed by atoms with van der Waals surface area (Å²) in [7, 11) is -3.46. The zero-order chi connectivity index (χ0) is 21.0. The molecule has 0 saturated carbocycles. The predicted molar refractivity (Wildman–Crippen MR) is 100 cm³/mol. The zero-order valence-corrected chi connectivity index (χ0v) is 16.2. The van der Waals surface area contributed by atoms with Crippen molar-refractivity contribution in [3.63, 3.8) is 0 Å². The molecule has 11 heteroatoms. The zero-order valence-electron chi connectivity index (χ0n) is 14.6. The van der Waals surface area contributed by atoms with Gasteiger partial charge in [-0.1, -0.05) is 0 Å². The maximum Gasteiger partial charge on any atom is 0.435 e. The van der Waals surface area contributed by atoms with Crippen LogP contribution < -0.4 is 0 Å². The normalized spacial score (nSPS) is 12.6. The molecule has 0 fully saturated rings. The average molecular weight is 441 g/mol. The Morgan fingerprint density at radius 1 is 1.03 bits per heavy atom. The van der Waals surface area contributed by atoms with E-state index in [2.05, 4.69) is 10.1 Å². The Morgan fingerprint density at radius 3 is 2.34 bits per heavy atom. The highest BCUT2D eigenvalue weighted by Gasteiger charge is 2.35. The van der Waals surface area contributed by atoms with Crippen LogP contribution in [0.4, 0.5) is 17.6 Å². The van der Waals surface area contributed by atoms with Crippen LogP contribution in [0.25, 0.3) is 26.6 Å². The minimum Gasteiger partial charge on any atom is -0.234 e. The van der Waals surface area contributed by atoms with E-state index in [4.69, 9.17) is 0 Å². The molecule has 0 aliphatic rings. The first-order chi connectivity index (χ1) is 13.5. The number of nitrogens with zero attached hydrogens (tertiary/aromatic N) is 3. The van der Waals surface area contributed by atoms with Crippen molar-refractivity contribution in [1.29, 1.82) is 0 Å². The van der Waals surface area contributed by atoms with Gasteiger partial charge < -0.3 is 0 Å². The summed E-state index contributed by atoms with van der Waals surface area (Å²) in [6.07, 6.45) is -3.65. The highest BCUT2D eigenvalue weighted by molar-refractivity contribution is 7.90. The molecule has 29 heavy (non-hydrogen) atoms. The monoisotopic (exact) mass is 441 g/mol. The summed E-state index contributed by atoms with van der Waals surface area (Å²) in [5.74, 6) is -0.504. The molecule has 5 nitrogen and oxygen atoms in total. The fraction of sp³-hybridized carbons (Fsp3) is 0.111.